The van der Waals surface area contributed by atoms with Gasteiger partial charge in [0, 0.05) is 13.0 Å². The van der Waals surface area contributed by atoms with Crippen molar-refractivity contribution >= 4 is 11.9 Å². The summed E-state index contributed by atoms with van der Waals surface area (Å²) in [6, 6.07) is 10.0. The van der Waals surface area contributed by atoms with Gasteiger partial charge in [-0.15, -0.1) is 0 Å². The molecule has 4 heteroatoms. The highest BCUT2D eigenvalue weighted by atomic mass is 16.4. The number of carbonyl (C=O) groups excluding carboxylic acids is 1. The summed E-state index contributed by atoms with van der Waals surface area (Å²) >= 11 is 0. The quantitative estimate of drug-likeness (QED) is 0.652. The minimum atomic E-state index is -0.733. The second-order valence-corrected chi connectivity index (χ2v) is 6.07. The first-order valence-corrected chi connectivity index (χ1v) is 8.23. The molecule has 1 amide bonds. The van der Waals surface area contributed by atoms with Gasteiger partial charge in [0.1, 0.15) is 0 Å². The Hall–Kier alpha value is -1.84. The standard InChI is InChI=1S/C18H25NO3/c20-16(21)10-6-1-2-7-13-19-18(22)17(15-11-12-15)14-8-4-3-5-9-14/h3-5,8-9,15,17H,1-2,6-7,10-13H2,(H,19,22)(H,20,21). The number of hydrogen-bond acceptors (Lipinski definition) is 2. The summed E-state index contributed by atoms with van der Waals surface area (Å²) in [6.07, 6.45) is 6.03. The van der Waals surface area contributed by atoms with E-state index in [0.29, 0.717) is 12.5 Å². The fourth-order valence-electron chi connectivity index (χ4n) is 2.80. The topological polar surface area (TPSA) is 66.4 Å². The Kier molecular flexibility index (Phi) is 6.44. The van der Waals surface area contributed by atoms with Crippen molar-refractivity contribution in [2.75, 3.05) is 6.54 Å². The molecule has 0 saturated heterocycles. The largest absolute Gasteiger partial charge is 0.481 e. The fraction of sp³-hybridized carbons (Fsp3) is 0.556. The number of carboxylic acids is 1. The number of hydrogen-bond donors (Lipinski definition) is 2. The molecule has 0 heterocycles. The number of amides is 1. The van der Waals surface area contributed by atoms with Crippen LogP contribution in [0.5, 0.6) is 0 Å². The van der Waals surface area contributed by atoms with Crippen LogP contribution in [0.15, 0.2) is 30.3 Å². The van der Waals surface area contributed by atoms with E-state index >= 15 is 0 Å². The number of carbonyl (C=O) groups is 2. The fourth-order valence-corrected chi connectivity index (χ4v) is 2.80. The number of rotatable bonds is 10. The molecule has 0 spiro atoms. The van der Waals surface area contributed by atoms with E-state index in [-0.39, 0.29) is 18.2 Å². The molecule has 0 radical (unpaired) electrons. The first-order chi connectivity index (χ1) is 10.7. The van der Waals surface area contributed by atoms with Crippen molar-refractivity contribution in [1.29, 1.82) is 0 Å². The van der Waals surface area contributed by atoms with E-state index < -0.39 is 5.97 Å². The number of aliphatic carboxylic acids is 1. The van der Waals surface area contributed by atoms with Gasteiger partial charge in [0.05, 0.1) is 5.92 Å². The first kappa shape index (κ1) is 16.5. The molecule has 1 unspecified atom stereocenters. The summed E-state index contributed by atoms with van der Waals surface area (Å²) < 4.78 is 0. The van der Waals surface area contributed by atoms with Gasteiger partial charge in [-0.1, -0.05) is 43.2 Å². The van der Waals surface area contributed by atoms with Gasteiger partial charge in [0.25, 0.3) is 0 Å². The molecule has 1 aromatic carbocycles. The van der Waals surface area contributed by atoms with E-state index in [1.807, 2.05) is 30.3 Å². The maximum absolute atomic E-state index is 12.4. The average molecular weight is 303 g/mol. The van der Waals surface area contributed by atoms with Crippen molar-refractivity contribution in [3.63, 3.8) is 0 Å². The van der Waals surface area contributed by atoms with Crippen LogP contribution in [0, 0.1) is 5.92 Å². The van der Waals surface area contributed by atoms with Crippen LogP contribution in [0.25, 0.3) is 0 Å². The van der Waals surface area contributed by atoms with Crippen molar-refractivity contribution in [3.05, 3.63) is 35.9 Å². The number of benzene rings is 1. The van der Waals surface area contributed by atoms with E-state index in [9.17, 15) is 9.59 Å². The van der Waals surface area contributed by atoms with Crippen molar-refractivity contribution in [2.45, 2.75) is 50.9 Å². The molecule has 1 aliphatic rings. The zero-order valence-electron chi connectivity index (χ0n) is 13.0. The third-order valence-electron chi connectivity index (χ3n) is 4.15. The monoisotopic (exact) mass is 303 g/mol. The molecular formula is C18H25NO3. The molecule has 1 atom stereocenters. The number of carboxylic acid groups (broad SMARTS) is 1. The Labute approximate surface area is 131 Å². The zero-order chi connectivity index (χ0) is 15.8. The molecule has 0 aliphatic heterocycles. The van der Waals surface area contributed by atoms with Crippen molar-refractivity contribution < 1.29 is 14.7 Å². The predicted molar refractivity (Wildman–Crippen MR) is 85.6 cm³/mol. The molecule has 4 nitrogen and oxygen atoms in total. The van der Waals surface area contributed by atoms with Crippen LogP contribution < -0.4 is 5.32 Å². The van der Waals surface area contributed by atoms with Crippen LogP contribution in [-0.2, 0) is 9.59 Å². The molecule has 22 heavy (non-hydrogen) atoms. The summed E-state index contributed by atoms with van der Waals surface area (Å²) in [6.45, 7) is 0.682. The molecule has 0 aromatic heterocycles. The lowest BCUT2D eigenvalue weighted by atomic mass is 9.93. The van der Waals surface area contributed by atoms with Crippen LogP contribution in [0.2, 0.25) is 0 Å². The normalized spacial score (nSPS) is 15.3. The van der Waals surface area contributed by atoms with Gasteiger partial charge in [-0.05, 0) is 37.2 Å². The van der Waals surface area contributed by atoms with Gasteiger partial charge in [-0.2, -0.15) is 0 Å². The summed E-state index contributed by atoms with van der Waals surface area (Å²) in [4.78, 5) is 22.8. The van der Waals surface area contributed by atoms with E-state index in [1.54, 1.807) is 0 Å². The lowest BCUT2D eigenvalue weighted by molar-refractivity contribution is -0.137. The molecule has 1 fully saturated rings. The molecule has 120 valence electrons. The minimum Gasteiger partial charge on any atom is -0.481 e. The van der Waals surface area contributed by atoms with Crippen LogP contribution in [-0.4, -0.2) is 23.5 Å². The minimum absolute atomic E-state index is 0.00629. The van der Waals surface area contributed by atoms with E-state index in [2.05, 4.69) is 5.32 Å². The van der Waals surface area contributed by atoms with E-state index in [1.165, 1.54) is 0 Å². The summed E-state index contributed by atoms with van der Waals surface area (Å²) in [5.41, 5.74) is 1.11. The third kappa shape index (κ3) is 5.51. The smallest absolute Gasteiger partial charge is 0.303 e. The maximum atomic E-state index is 12.4. The first-order valence-electron chi connectivity index (χ1n) is 8.23. The molecule has 2 N–H and O–H groups in total. The Morgan fingerprint density at radius 2 is 1.77 bits per heavy atom. The highest BCUT2D eigenvalue weighted by Crippen LogP contribution is 2.42. The zero-order valence-corrected chi connectivity index (χ0v) is 13.0. The summed E-state index contributed by atoms with van der Waals surface area (Å²) in [7, 11) is 0. The summed E-state index contributed by atoms with van der Waals surface area (Å²) in [5.74, 6) is -0.103. The molecule has 2 rings (SSSR count). The Balaban J connectivity index is 1.68. The van der Waals surface area contributed by atoms with Gasteiger partial charge in [-0.3, -0.25) is 9.59 Å². The van der Waals surface area contributed by atoms with Gasteiger partial charge >= 0.3 is 5.97 Å². The van der Waals surface area contributed by atoms with Crippen LogP contribution in [0.3, 0.4) is 0 Å². The van der Waals surface area contributed by atoms with E-state index in [0.717, 1.165) is 44.1 Å². The van der Waals surface area contributed by atoms with Crippen LogP contribution >= 0.6 is 0 Å². The Bertz CT molecular complexity index is 482. The van der Waals surface area contributed by atoms with Crippen molar-refractivity contribution in [3.8, 4) is 0 Å². The van der Waals surface area contributed by atoms with Crippen LogP contribution in [0.1, 0.15) is 56.4 Å². The molecule has 1 aliphatic carbocycles. The lowest BCUT2D eigenvalue weighted by Gasteiger charge is -2.16. The SMILES string of the molecule is O=C(O)CCCCCCNC(=O)C(c1ccccc1)C1CC1. The predicted octanol–water partition coefficient (Wildman–Crippen LogP) is 3.33. The second-order valence-electron chi connectivity index (χ2n) is 6.07. The lowest BCUT2D eigenvalue weighted by Crippen LogP contribution is -2.31. The van der Waals surface area contributed by atoms with E-state index in [4.69, 9.17) is 5.11 Å². The third-order valence-corrected chi connectivity index (χ3v) is 4.15. The van der Waals surface area contributed by atoms with Crippen molar-refractivity contribution in [2.24, 2.45) is 5.92 Å². The number of nitrogens with one attached hydrogen (secondary N) is 1. The Morgan fingerprint density at radius 1 is 1.09 bits per heavy atom. The highest BCUT2D eigenvalue weighted by molar-refractivity contribution is 5.84. The molecule has 1 aromatic rings. The van der Waals surface area contributed by atoms with Crippen LogP contribution in [0.4, 0.5) is 0 Å². The summed E-state index contributed by atoms with van der Waals surface area (Å²) in [5, 5.41) is 11.6. The van der Waals surface area contributed by atoms with Gasteiger partial charge in [0.2, 0.25) is 5.91 Å². The van der Waals surface area contributed by atoms with Gasteiger partial charge in [0.15, 0.2) is 0 Å². The number of unbranched alkanes of at least 4 members (excludes halogenated alkanes) is 3. The highest BCUT2D eigenvalue weighted by Gasteiger charge is 2.36. The molecule has 1 saturated carbocycles. The average Bonchev–Trinajstić information content (AvgIpc) is 3.32. The van der Waals surface area contributed by atoms with Crippen molar-refractivity contribution in [1.82, 2.24) is 5.32 Å². The maximum Gasteiger partial charge on any atom is 0.303 e. The Morgan fingerprint density at radius 3 is 2.41 bits per heavy atom. The van der Waals surface area contributed by atoms with Gasteiger partial charge < -0.3 is 10.4 Å². The van der Waals surface area contributed by atoms with Gasteiger partial charge in [-0.25, -0.2) is 0 Å². The molecular weight excluding hydrogens is 278 g/mol. The second kappa shape index (κ2) is 8.57. The molecule has 0 bridgehead atoms.